The normalized spacial score (nSPS) is 10.9. The highest BCUT2D eigenvalue weighted by molar-refractivity contribution is 7.11. The van der Waals surface area contributed by atoms with Gasteiger partial charge in [0.1, 0.15) is 18.2 Å². The van der Waals surface area contributed by atoms with Gasteiger partial charge in [-0.1, -0.05) is 12.1 Å². The minimum atomic E-state index is -0.0118. The van der Waals surface area contributed by atoms with E-state index in [0.29, 0.717) is 0 Å². The summed E-state index contributed by atoms with van der Waals surface area (Å²) in [4.78, 5) is 10.2. The number of hydrogen-bond acceptors (Lipinski definition) is 5. The highest BCUT2D eigenvalue weighted by Crippen LogP contribution is 2.29. The molecule has 0 saturated carbocycles. The summed E-state index contributed by atoms with van der Waals surface area (Å²) >= 11 is 1.71. The van der Waals surface area contributed by atoms with Crippen LogP contribution in [0.4, 0.5) is 0 Å². The average molecular weight is 329 g/mol. The lowest BCUT2D eigenvalue weighted by Crippen LogP contribution is -2.05. The summed E-state index contributed by atoms with van der Waals surface area (Å²) in [5.41, 5.74) is 1.99. The maximum Gasteiger partial charge on any atom is 0.143 e. The number of para-hydroxylation sites is 1. The molecule has 3 aromatic rings. The zero-order valence-electron chi connectivity index (χ0n) is 13.2. The van der Waals surface area contributed by atoms with Gasteiger partial charge in [-0.3, -0.25) is 0 Å². The van der Waals surface area contributed by atoms with Crippen LogP contribution in [0.1, 0.15) is 15.6 Å². The summed E-state index contributed by atoms with van der Waals surface area (Å²) in [6.45, 7) is 5.05. The van der Waals surface area contributed by atoms with Crippen LogP contribution in [-0.2, 0) is 6.54 Å². The van der Waals surface area contributed by atoms with E-state index in [0.717, 1.165) is 34.4 Å². The van der Waals surface area contributed by atoms with E-state index in [-0.39, 0.29) is 13.2 Å². The summed E-state index contributed by atoms with van der Waals surface area (Å²) in [6.07, 6.45) is 3.76. The van der Waals surface area contributed by atoms with Crippen LogP contribution in [-0.4, -0.2) is 32.9 Å². The molecule has 0 aliphatic carbocycles. The van der Waals surface area contributed by atoms with E-state index in [9.17, 15) is 0 Å². The van der Waals surface area contributed by atoms with Crippen molar-refractivity contribution in [3.8, 4) is 17.1 Å². The number of thiazole rings is 1. The molecule has 0 aliphatic heterocycles. The third-order valence-corrected chi connectivity index (χ3v) is 4.56. The zero-order chi connectivity index (χ0) is 16.2. The van der Waals surface area contributed by atoms with E-state index in [2.05, 4.69) is 14.5 Å². The second-order valence-corrected chi connectivity index (χ2v) is 6.48. The molecule has 0 unspecified atom stereocenters. The number of benzene rings is 1. The third kappa shape index (κ3) is 3.43. The van der Waals surface area contributed by atoms with Gasteiger partial charge in [-0.25, -0.2) is 9.97 Å². The Morgan fingerprint density at radius 3 is 2.83 bits per heavy atom. The number of imidazole rings is 1. The lowest BCUT2D eigenvalue weighted by Gasteiger charge is -2.12. The molecular weight excluding hydrogens is 310 g/mol. The lowest BCUT2D eigenvalue weighted by molar-refractivity contribution is 0.202. The lowest BCUT2D eigenvalue weighted by atomic mass is 10.2. The van der Waals surface area contributed by atoms with E-state index < -0.39 is 0 Å². The number of nitrogens with zero attached hydrogens (tertiary/aromatic N) is 3. The van der Waals surface area contributed by atoms with Crippen LogP contribution in [0.3, 0.4) is 0 Å². The number of aryl methyl sites for hydroxylation is 2. The molecule has 23 heavy (non-hydrogen) atoms. The van der Waals surface area contributed by atoms with E-state index in [4.69, 9.17) is 9.84 Å². The Balaban J connectivity index is 1.93. The molecule has 5 nitrogen and oxygen atoms in total. The number of ether oxygens (including phenoxy) is 1. The maximum absolute atomic E-state index is 8.98. The van der Waals surface area contributed by atoms with Crippen molar-refractivity contribution in [1.29, 1.82) is 0 Å². The van der Waals surface area contributed by atoms with E-state index in [1.54, 1.807) is 17.5 Å². The van der Waals surface area contributed by atoms with Crippen LogP contribution in [0.15, 0.2) is 36.7 Å². The smallest absolute Gasteiger partial charge is 0.143 e. The van der Waals surface area contributed by atoms with Crippen molar-refractivity contribution in [3.63, 3.8) is 0 Å². The summed E-state index contributed by atoms with van der Waals surface area (Å²) in [5, 5.41) is 10.1. The second-order valence-electron chi connectivity index (χ2n) is 5.19. The third-order valence-electron chi connectivity index (χ3n) is 3.51. The molecule has 3 rings (SSSR count). The Morgan fingerprint density at radius 1 is 1.26 bits per heavy atom. The van der Waals surface area contributed by atoms with Crippen LogP contribution in [0, 0.1) is 13.8 Å². The summed E-state index contributed by atoms with van der Waals surface area (Å²) in [6, 6.07) is 7.75. The SMILES string of the molecule is Cc1nc(C)c(Cn2ccnc2-c2ccccc2OCCO)s1. The standard InChI is InChI=1S/C17H19N3O2S/c1-12-16(23-13(2)19-12)11-20-8-7-18-17(20)14-5-3-4-6-15(14)22-10-9-21/h3-8,21H,9-11H2,1-2H3. The van der Waals surface area contributed by atoms with Crippen molar-refractivity contribution in [2.24, 2.45) is 0 Å². The van der Waals surface area contributed by atoms with Crippen molar-refractivity contribution in [3.05, 3.63) is 52.2 Å². The van der Waals surface area contributed by atoms with Crippen LogP contribution in [0.25, 0.3) is 11.4 Å². The largest absolute Gasteiger partial charge is 0.490 e. The second kappa shape index (κ2) is 6.93. The molecule has 1 N–H and O–H groups in total. The molecule has 0 aliphatic rings. The number of rotatable bonds is 6. The molecule has 1 aromatic carbocycles. The molecule has 2 aromatic heterocycles. The molecule has 0 amide bonds. The van der Waals surface area contributed by atoms with Gasteiger partial charge in [0.2, 0.25) is 0 Å². The van der Waals surface area contributed by atoms with Gasteiger partial charge in [0, 0.05) is 17.3 Å². The molecule has 0 saturated heterocycles. The van der Waals surface area contributed by atoms with Gasteiger partial charge in [0.25, 0.3) is 0 Å². The molecule has 0 spiro atoms. The number of hydrogen-bond donors (Lipinski definition) is 1. The highest BCUT2D eigenvalue weighted by Gasteiger charge is 2.13. The fourth-order valence-corrected chi connectivity index (χ4v) is 3.42. The number of aromatic nitrogens is 3. The fraction of sp³-hybridized carbons (Fsp3) is 0.294. The fourth-order valence-electron chi connectivity index (χ4n) is 2.49. The summed E-state index contributed by atoms with van der Waals surface area (Å²) < 4.78 is 7.73. The van der Waals surface area contributed by atoms with Gasteiger partial charge in [-0.05, 0) is 26.0 Å². The first-order chi connectivity index (χ1) is 11.2. The Bertz CT molecular complexity index is 795. The van der Waals surface area contributed by atoms with Gasteiger partial charge in [0.15, 0.2) is 0 Å². The summed E-state index contributed by atoms with van der Waals surface area (Å²) in [5.74, 6) is 1.58. The first-order valence-corrected chi connectivity index (χ1v) is 8.28. The molecule has 120 valence electrons. The van der Waals surface area contributed by atoms with E-state index in [1.807, 2.05) is 44.3 Å². The molecule has 0 atom stereocenters. The molecule has 0 radical (unpaired) electrons. The van der Waals surface area contributed by atoms with Gasteiger partial charge < -0.3 is 14.4 Å². The first-order valence-electron chi connectivity index (χ1n) is 7.46. The Hall–Kier alpha value is -2.18. The zero-order valence-corrected chi connectivity index (χ0v) is 14.0. The highest BCUT2D eigenvalue weighted by atomic mass is 32.1. The van der Waals surface area contributed by atoms with Crippen LogP contribution in [0.2, 0.25) is 0 Å². The predicted molar refractivity (Wildman–Crippen MR) is 90.9 cm³/mol. The molecular formula is C17H19N3O2S. The first kappa shape index (κ1) is 15.7. The van der Waals surface area contributed by atoms with E-state index >= 15 is 0 Å². The molecule has 2 heterocycles. The van der Waals surface area contributed by atoms with Gasteiger partial charge in [0.05, 0.1) is 29.4 Å². The monoisotopic (exact) mass is 329 g/mol. The van der Waals surface area contributed by atoms with E-state index in [1.165, 1.54) is 4.88 Å². The topological polar surface area (TPSA) is 60.2 Å². The Morgan fingerprint density at radius 2 is 2.09 bits per heavy atom. The Labute approximate surface area is 139 Å². The van der Waals surface area contributed by atoms with Gasteiger partial charge in [-0.2, -0.15) is 0 Å². The van der Waals surface area contributed by atoms with Gasteiger partial charge >= 0.3 is 0 Å². The number of aliphatic hydroxyl groups is 1. The number of aliphatic hydroxyl groups excluding tert-OH is 1. The Kier molecular flexibility index (Phi) is 4.73. The summed E-state index contributed by atoms with van der Waals surface area (Å²) in [7, 11) is 0. The van der Waals surface area contributed by atoms with Gasteiger partial charge in [-0.15, -0.1) is 11.3 Å². The quantitative estimate of drug-likeness (QED) is 0.755. The predicted octanol–water partition coefficient (Wildman–Crippen LogP) is 3.04. The van der Waals surface area contributed by atoms with Crippen molar-refractivity contribution in [2.45, 2.75) is 20.4 Å². The van der Waals surface area contributed by atoms with Crippen molar-refractivity contribution < 1.29 is 9.84 Å². The minimum Gasteiger partial charge on any atom is -0.490 e. The maximum atomic E-state index is 8.98. The van der Waals surface area contributed by atoms with Crippen molar-refractivity contribution >= 4 is 11.3 Å². The molecule has 6 heteroatoms. The average Bonchev–Trinajstić information content (AvgIpc) is 3.12. The van der Waals surface area contributed by atoms with Crippen LogP contribution >= 0.6 is 11.3 Å². The minimum absolute atomic E-state index is 0.0118. The van der Waals surface area contributed by atoms with Crippen molar-refractivity contribution in [2.75, 3.05) is 13.2 Å². The van der Waals surface area contributed by atoms with Crippen LogP contribution in [0.5, 0.6) is 5.75 Å². The molecule has 0 fully saturated rings. The van der Waals surface area contributed by atoms with Crippen molar-refractivity contribution in [1.82, 2.24) is 14.5 Å². The molecule has 0 bridgehead atoms. The van der Waals surface area contributed by atoms with Crippen LogP contribution < -0.4 is 4.74 Å².